The normalized spacial score (nSPS) is 15.2. The highest BCUT2D eigenvalue weighted by molar-refractivity contribution is 5.67. The lowest BCUT2D eigenvalue weighted by Crippen LogP contribution is -2.15. The molecule has 3 rings (SSSR count). The molecule has 0 atom stereocenters. The Labute approximate surface area is 119 Å². The highest BCUT2D eigenvalue weighted by Gasteiger charge is 2.23. The summed E-state index contributed by atoms with van der Waals surface area (Å²) in [5.41, 5.74) is 5.80. The molecule has 2 heterocycles. The second-order valence-corrected chi connectivity index (χ2v) is 6.01. The van der Waals surface area contributed by atoms with Crippen LogP contribution in [0.25, 0.3) is 11.3 Å². The van der Waals surface area contributed by atoms with Crippen molar-refractivity contribution in [1.29, 1.82) is 0 Å². The Kier molecular flexibility index (Phi) is 3.38. The zero-order chi connectivity index (χ0) is 14.3. The minimum absolute atomic E-state index is 0.374. The second-order valence-electron chi connectivity index (χ2n) is 6.01. The molecule has 108 valence electrons. The van der Waals surface area contributed by atoms with Gasteiger partial charge in [0.05, 0.1) is 17.6 Å². The highest BCUT2D eigenvalue weighted by Crippen LogP contribution is 2.30. The molecule has 0 bridgehead atoms. The van der Waals surface area contributed by atoms with Crippen LogP contribution in [0.4, 0.5) is 0 Å². The number of hydrogen-bond acceptors (Lipinski definition) is 3. The standard InChI is InChI=1S/C15H23N5/c1-9(2)20-11(4)14(10(3)19-20)15-12(8-17-18-15)7-16-13-5-6-13/h8-9,13,16H,5-7H2,1-4H3,(H,17,18). The summed E-state index contributed by atoms with van der Waals surface area (Å²) in [5, 5.41) is 15.6. The van der Waals surface area contributed by atoms with E-state index in [-0.39, 0.29) is 0 Å². The molecule has 5 nitrogen and oxygen atoms in total. The van der Waals surface area contributed by atoms with E-state index in [9.17, 15) is 0 Å². The number of aromatic amines is 1. The van der Waals surface area contributed by atoms with Crippen molar-refractivity contribution in [2.24, 2.45) is 0 Å². The second kappa shape index (κ2) is 5.05. The smallest absolute Gasteiger partial charge is 0.0732 e. The van der Waals surface area contributed by atoms with Crippen LogP contribution >= 0.6 is 0 Å². The lowest BCUT2D eigenvalue weighted by Gasteiger charge is -2.09. The van der Waals surface area contributed by atoms with Gasteiger partial charge >= 0.3 is 0 Å². The monoisotopic (exact) mass is 273 g/mol. The first kappa shape index (κ1) is 13.4. The average Bonchev–Trinajstić information content (AvgIpc) is 3.04. The Morgan fingerprint density at radius 1 is 1.40 bits per heavy atom. The fourth-order valence-corrected chi connectivity index (χ4v) is 2.73. The van der Waals surface area contributed by atoms with Gasteiger partial charge in [-0.15, -0.1) is 0 Å². The summed E-state index contributed by atoms with van der Waals surface area (Å²) in [6, 6.07) is 1.08. The maximum absolute atomic E-state index is 4.66. The molecule has 0 radical (unpaired) electrons. The molecule has 1 aliphatic rings. The predicted octanol–water partition coefficient (Wildman–Crippen LogP) is 2.72. The van der Waals surface area contributed by atoms with Crippen molar-refractivity contribution in [3.05, 3.63) is 23.1 Å². The molecule has 5 heteroatoms. The van der Waals surface area contributed by atoms with Crippen molar-refractivity contribution in [2.45, 2.75) is 59.2 Å². The molecule has 0 saturated heterocycles. The van der Waals surface area contributed by atoms with Crippen LogP contribution < -0.4 is 5.32 Å². The van der Waals surface area contributed by atoms with E-state index in [2.05, 4.69) is 53.0 Å². The molecule has 1 fully saturated rings. The zero-order valence-corrected chi connectivity index (χ0v) is 12.7. The lowest BCUT2D eigenvalue weighted by molar-refractivity contribution is 0.516. The molecule has 2 aromatic rings. The molecule has 1 aliphatic carbocycles. The van der Waals surface area contributed by atoms with E-state index < -0.39 is 0 Å². The topological polar surface area (TPSA) is 58.5 Å². The van der Waals surface area contributed by atoms with Gasteiger partial charge in [-0.1, -0.05) is 0 Å². The van der Waals surface area contributed by atoms with Crippen molar-refractivity contribution in [3.63, 3.8) is 0 Å². The first-order valence-corrected chi connectivity index (χ1v) is 7.39. The predicted molar refractivity (Wildman–Crippen MR) is 79.5 cm³/mol. The quantitative estimate of drug-likeness (QED) is 0.880. The van der Waals surface area contributed by atoms with Gasteiger partial charge in [-0.05, 0) is 40.5 Å². The summed E-state index contributed by atoms with van der Waals surface area (Å²) in [6.07, 6.45) is 4.53. The van der Waals surface area contributed by atoms with E-state index >= 15 is 0 Å². The molecule has 1 saturated carbocycles. The van der Waals surface area contributed by atoms with Crippen molar-refractivity contribution < 1.29 is 0 Å². The summed E-state index contributed by atoms with van der Waals surface area (Å²) in [6.45, 7) is 9.40. The van der Waals surface area contributed by atoms with Crippen LogP contribution in [0.15, 0.2) is 6.20 Å². The number of aromatic nitrogens is 4. The minimum atomic E-state index is 0.374. The number of nitrogens with one attached hydrogen (secondary N) is 2. The zero-order valence-electron chi connectivity index (χ0n) is 12.7. The van der Waals surface area contributed by atoms with Crippen molar-refractivity contribution in [1.82, 2.24) is 25.3 Å². The van der Waals surface area contributed by atoms with E-state index in [0.29, 0.717) is 12.1 Å². The van der Waals surface area contributed by atoms with Crippen LogP contribution in [0.1, 0.15) is 49.7 Å². The molecule has 0 spiro atoms. The SMILES string of the molecule is Cc1nn(C(C)C)c(C)c1-c1[nH]ncc1CNC1CC1. The number of rotatable bonds is 5. The molecular weight excluding hydrogens is 250 g/mol. The van der Waals surface area contributed by atoms with Gasteiger partial charge in [0.2, 0.25) is 0 Å². The van der Waals surface area contributed by atoms with Gasteiger partial charge < -0.3 is 5.32 Å². The molecular formula is C15H23N5. The molecule has 0 unspecified atom stereocenters. The Morgan fingerprint density at radius 3 is 2.75 bits per heavy atom. The fraction of sp³-hybridized carbons (Fsp3) is 0.600. The van der Waals surface area contributed by atoms with E-state index in [1.807, 2.05) is 6.20 Å². The fourth-order valence-electron chi connectivity index (χ4n) is 2.73. The Morgan fingerprint density at radius 2 is 2.15 bits per heavy atom. The maximum Gasteiger partial charge on any atom is 0.0732 e. The number of nitrogens with zero attached hydrogens (tertiary/aromatic N) is 3. The lowest BCUT2D eigenvalue weighted by atomic mass is 10.1. The summed E-state index contributed by atoms with van der Waals surface area (Å²) in [5.74, 6) is 0. The van der Waals surface area contributed by atoms with Crippen LogP contribution in [-0.4, -0.2) is 26.0 Å². The third-order valence-electron chi connectivity index (χ3n) is 3.94. The average molecular weight is 273 g/mol. The Bertz CT molecular complexity index is 604. The third-order valence-corrected chi connectivity index (χ3v) is 3.94. The van der Waals surface area contributed by atoms with E-state index in [4.69, 9.17) is 0 Å². The number of aryl methyl sites for hydroxylation is 1. The minimum Gasteiger partial charge on any atom is -0.310 e. The van der Waals surface area contributed by atoms with Crippen LogP contribution in [0.3, 0.4) is 0 Å². The van der Waals surface area contributed by atoms with Gasteiger partial charge in [0.25, 0.3) is 0 Å². The molecule has 0 aromatic carbocycles. The third kappa shape index (κ3) is 2.38. The van der Waals surface area contributed by atoms with Crippen LogP contribution in [0, 0.1) is 13.8 Å². The van der Waals surface area contributed by atoms with E-state index in [1.54, 1.807) is 0 Å². The van der Waals surface area contributed by atoms with E-state index in [1.165, 1.54) is 29.7 Å². The Balaban J connectivity index is 1.94. The molecule has 0 aliphatic heterocycles. The van der Waals surface area contributed by atoms with Gasteiger partial charge in [0, 0.05) is 35.4 Å². The summed E-state index contributed by atoms with van der Waals surface area (Å²) in [4.78, 5) is 0. The Hall–Kier alpha value is -1.62. The first-order valence-electron chi connectivity index (χ1n) is 7.39. The van der Waals surface area contributed by atoms with Crippen LogP contribution in [-0.2, 0) is 6.54 Å². The van der Waals surface area contributed by atoms with Crippen molar-refractivity contribution in [3.8, 4) is 11.3 Å². The molecule has 2 aromatic heterocycles. The molecule has 0 amide bonds. The molecule has 20 heavy (non-hydrogen) atoms. The largest absolute Gasteiger partial charge is 0.310 e. The van der Waals surface area contributed by atoms with Crippen molar-refractivity contribution >= 4 is 0 Å². The highest BCUT2D eigenvalue weighted by atomic mass is 15.3. The van der Waals surface area contributed by atoms with Crippen LogP contribution in [0.2, 0.25) is 0 Å². The number of H-pyrrole nitrogens is 1. The first-order chi connectivity index (χ1) is 9.58. The number of hydrogen-bond donors (Lipinski definition) is 2. The summed E-state index contributed by atoms with van der Waals surface area (Å²) in [7, 11) is 0. The van der Waals surface area contributed by atoms with E-state index in [0.717, 1.165) is 17.9 Å². The van der Waals surface area contributed by atoms with Crippen molar-refractivity contribution in [2.75, 3.05) is 0 Å². The molecule has 2 N–H and O–H groups in total. The van der Waals surface area contributed by atoms with Gasteiger partial charge in [-0.25, -0.2) is 0 Å². The van der Waals surface area contributed by atoms with Crippen LogP contribution in [0.5, 0.6) is 0 Å². The van der Waals surface area contributed by atoms with Gasteiger partial charge in [-0.2, -0.15) is 10.2 Å². The van der Waals surface area contributed by atoms with Gasteiger partial charge in [0.15, 0.2) is 0 Å². The van der Waals surface area contributed by atoms with Gasteiger partial charge in [-0.3, -0.25) is 9.78 Å². The summed E-state index contributed by atoms with van der Waals surface area (Å²) < 4.78 is 2.09. The summed E-state index contributed by atoms with van der Waals surface area (Å²) >= 11 is 0. The van der Waals surface area contributed by atoms with Gasteiger partial charge in [0.1, 0.15) is 0 Å². The maximum atomic E-state index is 4.66.